The highest BCUT2D eigenvalue weighted by Gasteiger charge is 2.12. The summed E-state index contributed by atoms with van der Waals surface area (Å²) in [4.78, 5) is 2.17. The summed E-state index contributed by atoms with van der Waals surface area (Å²) >= 11 is 3.46. The van der Waals surface area contributed by atoms with Gasteiger partial charge in [-0.15, -0.1) is 0 Å². The van der Waals surface area contributed by atoms with Crippen LogP contribution in [-0.2, 0) is 6.54 Å². The number of aryl methyl sites for hydroxylation is 1. The van der Waals surface area contributed by atoms with Gasteiger partial charge in [-0.05, 0) is 37.6 Å². The third-order valence-corrected chi connectivity index (χ3v) is 3.85. The zero-order valence-electron chi connectivity index (χ0n) is 12.1. The maximum Gasteiger partial charge on any atom is 0.0782 e. The van der Waals surface area contributed by atoms with Crippen LogP contribution in [0.5, 0.6) is 0 Å². The van der Waals surface area contributed by atoms with Crippen molar-refractivity contribution in [3.63, 3.8) is 0 Å². The van der Waals surface area contributed by atoms with Crippen molar-refractivity contribution >= 4 is 21.6 Å². The number of rotatable bonds is 4. The van der Waals surface area contributed by atoms with Crippen molar-refractivity contribution in [2.45, 2.75) is 26.5 Å². The van der Waals surface area contributed by atoms with Crippen LogP contribution in [0.15, 0.2) is 46.9 Å². The normalized spacial score (nSPS) is 12.2. The third-order valence-electron chi connectivity index (χ3n) is 3.35. The number of aliphatic hydroxyl groups excluding tert-OH is 1. The summed E-state index contributed by atoms with van der Waals surface area (Å²) in [6.07, 6.45) is -0.484. The SMILES string of the molecule is Cc1cccc(CN(C)c2ccc(Br)cc2C(C)O)c1. The van der Waals surface area contributed by atoms with Crippen molar-refractivity contribution in [3.8, 4) is 0 Å². The van der Waals surface area contributed by atoms with Gasteiger partial charge in [0, 0.05) is 29.3 Å². The number of benzene rings is 2. The number of anilines is 1. The van der Waals surface area contributed by atoms with Gasteiger partial charge in [0.1, 0.15) is 0 Å². The Balaban J connectivity index is 2.27. The lowest BCUT2D eigenvalue weighted by molar-refractivity contribution is 0.199. The summed E-state index contributed by atoms with van der Waals surface area (Å²) < 4.78 is 0.987. The largest absolute Gasteiger partial charge is 0.389 e. The fourth-order valence-electron chi connectivity index (χ4n) is 2.38. The summed E-state index contributed by atoms with van der Waals surface area (Å²) in [6.45, 7) is 4.72. The van der Waals surface area contributed by atoms with Crippen LogP contribution in [0.4, 0.5) is 5.69 Å². The van der Waals surface area contributed by atoms with Crippen LogP contribution in [0.25, 0.3) is 0 Å². The number of nitrogens with zero attached hydrogens (tertiary/aromatic N) is 1. The highest BCUT2D eigenvalue weighted by atomic mass is 79.9. The summed E-state index contributed by atoms with van der Waals surface area (Å²) in [7, 11) is 2.05. The van der Waals surface area contributed by atoms with Gasteiger partial charge in [0.25, 0.3) is 0 Å². The molecule has 0 aromatic heterocycles. The van der Waals surface area contributed by atoms with Gasteiger partial charge >= 0.3 is 0 Å². The van der Waals surface area contributed by atoms with Crippen molar-refractivity contribution in [1.82, 2.24) is 0 Å². The Hall–Kier alpha value is -1.32. The monoisotopic (exact) mass is 333 g/mol. The van der Waals surface area contributed by atoms with E-state index in [4.69, 9.17) is 0 Å². The van der Waals surface area contributed by atoms with Gasteiger partial charge < -0.3 is 10.0 Å². The molecule has 0 radical (unpaired) electrons. The second-order valence-corrected chi connectivity index (χ2v) is 6.14. The molecule has 1 unspecified atom stereocenters. The van der Waals surface area contributed by atoms with Gasteiger partial charge in [0.2, 0.25) is 0 Å². The Morgan fingerprint density at radius 2 is 1.95 bits per heavy atom. The second kappa shape index (κ2) is 6.42. The molecule has 2 aromatic rings. The molecule has 106 valence electrons. The van der Waals surface area contributed by atoms with E-state index in [9.17, 15) is 5.11 Å². The van der Waals surface area contributed by atoms with Gasteiger partial charge in [-0.25, -0.2) is 0 Å². The summed E-state index contributed by atoms with van der Waals surface area (Å²) in [6, 6.07) is 14.5. The first-order chi connectivity index (χ1) is 9.47. The molecule has 2 aromatic carbocycles. The third kappa shape index (κ3) is 3.62. The molecule has 0 saturated heterocycles. The molecule has 0 spiro atoms. The number of aliphatic hydroxyl groups is 1. The van der Waals surface area contributed by atoms with Crippen LogP contribution in [0.3, 0.4) is 0 Å². The van der Waals surface area contributed by atoms with E-state index in [1.54, 1.807) is 6.92 Å². The van der Waals surface area contributed by atoms with Crippen LogP contribution in [0, 0.1) is 6.92 Å². The zero-order chi connectivity index (χ0) is 14.7. The molecule has 0 fully saturated rings. The molecule has 1 atom stereocenters. The molecule has 0 bridgehead atoms. The first kappa shape index (κ1) is 15.1. The lowest BCUT2D eigenvalue weighted by Crippen LogP contribution is -2.18. The van der Waals surface area contributed by atoms with E-state index >= 15 is 0 Å². The molecule has 2 nitrogen and oxygen atoms in total. The summed E-state index contributed by atoms with van der Waals surface area (Å²) in [5.41, 5.74) is 4.54. The van der Waals surface area contributed by atoms with Crippen LogP contribution < -0.4 is 4.90 Å². The second-order valence-electron chi connectivity index (χ2n) is 5.22. The Kier molecular flexibility index (Phi) is 4.84. The van der Waals surface area contributed by atoms with Gasteiger partial charge in [-0.2, -0.15) is 0 Å². The molecule has 1 N–H and O–H groups in total. The lowest BCUT2D eigenvalue weighted by Gasteiger charge is -2.24. The van der Waals surface area contributed by atoms with Crippen molar-refractivity contribution in [2.24, 2.45) is 0 Å². The van der Waals surface area contributed by atoms with Crippen molar-refractivity contribution < 1.29 is 5.11 Å². The minimum absolute atomic E-state index is 0.484. The molecule has 0 aliphatic rings. The smallest absolute Gasteiger partial charge is 0.0782 e. The predicted octanol–water partition coefficient (Wildman–Crippen LogP) is 4.45. The highest BCUT2D eigenvalue weighted by molar-refractivity contribution is 9.10. The predicted molar refractivity (Wildman–Crippen MR) is 88.1 cm³/mol. The van der Waals surface area contributed by atoms with Crippen LogP contribution in [0.1, 0.15) is 29.7 Å². The highest BCUT2D eigenvalue weighted by Crippen LogP contribution is 2.29. The Bertz CT molecular complexity index is 595. The fraction of sp³-hybridized carbons (Fsp3) is 0.294. The van der Waals surface area contributed by atoms with E-state index in [0.717, 1.165) is 22.3 Å². The van der Waals surface area contributed by atoms with Gasteiger partial charge in [-0.3, -0.25) is 0 Å². The van der Waals surface area contributed by atoms with Gasteiger partial charge in [0.15, 0.2) is 0 Å². The molecule has 3 heteroatoms. The summed E-state index contributed by atoms with van der Waals surface area (Å²) in [5, 5.41) is 9.94. The molecule has 0 saturated carbocycles. The van der Waals surface area contributed by atoms with Crippen LogP contribution >= 0.6 is 15.9 Å². The molecular formula is C17H20BrNO. The van der Waals surface area contributed by atoms with Gasteiger partial charge in [0.05, 0.1) is 6.10 Å². The Morgan fingerprint density at radius 3 is 2.60 bits per heavy atom. The molecule has 0 aliphatic carbocycles. The number of halogens is 1. The molecular weight excluding hydrogens is 314 g/mol. The fourth-order valence-corrected chi connectivity index (χ4v) is 2.76. The van der Waals surface area contributed by atoms with E-state index in [-0.39, 0.29) is 0 Å². The average molecular weight is 334 g/mol. The standard InChI is InChI=1S/C17H20BrNO/c1-12-5-4-6-14(9-12)11-19(3)17-8-7-15(18)10-16(17)13(2)20/h4-10,13,20H,11H2,1-3H3. The summed E-state index contributed by atoms with van der Waals surface area (Å²) in [5.74, 6) is 0. The molecule has 20 heavy (non-hydrogen) atoms. The molecule has 2 rings (SSSR count). The first-order valence-corrected chi connectivity index (χ1v) is 7.51. The maximum absolute atomic E-state index is 9.94. The molecule has 0 aliphatic heterocycles. The Labute approximate surface area is 129 Å². The van der Waals surface area contributed by atoms with Gasteiger partial charge in [-0.1, -0.05) is 45.8 Å². The minimum Gasteiger partial charge on any atom is -0.389 e. The van der Waals surface area contributed by atoms with E-state index in [0.29, 0.717) is 0 Å². The van der Waals surface area contributed by atoms with E-state index in [2.05, 4.69) is 59.1 Å². The lowest BCUT2D eigenvalue weighted by atomic mass is 10.1. The average Bonchev–Trinajstić information content (AvgIpc) is 2.38. The first-order valence-electron chi connectivity index (χ1n) is 6.71. The van der Waals surface area contributed by atoms with Crippen molar-refractivity contribution in [3.05, 3.63) is 63.6 Å². The van der Waals surface area contributed by atoms with E-state index in [1.165, 1.54) is 11.1 Å². The van der Waals surface area contributed by atoms with E-state index < -0.39 is 6.10 Å². The molecule has 0 heterocycles. The van der Waals surface area contributed by atoms with E-state index in [1.807, 2.05) is 18.2 Å². The molecule has 0 amide bonds. The zero-order valence-corrected chi connectivity index (χ0v) is 13.7. The van der Waals surface area contributed by atoms with Crippen LogP contribution in [0.2, 0.25) is 0 Å². The Morgan fingerprint density at radius 1 is 1.20 bits per heavy atom. The quantitative estimate of drug-likeness (QED) is 0.893. The van der Waals surface area contributed by atoms with Crippen LogP contribution in [-0.4, -0.2) is 12.2 Å². The maximum atomic E-state index is 9.94. The van der Waals surface area contributed by atoms with Crippen molar-refractivity contribution in [1.29, 1.82) is 0 Å². The van der Waals surface area contributed by atoms with Crippen molar-refractivity contribution in [2.75, 3.05) is 11.9 Å². The topological polar surface area (TPSA) is 23.5 Å². The number of hydrogen-bond donors (Lipinski definition) is 1. The minimum atomic E-state index is -0.484. The number of hydrogen-bond acceptors (Lipinski definition) is 2.